The van der Waals surface area contributed by atoms with Gasteiger partial charge in [-0.1, -0.05) is 19.1 Å². The second-order valence-electron chi connectivity index (χ2n) is 4.67. The highest BCUT2D eigenvalue weighted by atomic mass is 16.5. The van der Waals surface area contributed by atoms with Gasteiger partial charge in [-0.05, 0) is 51.3 Å². The van der Waals surface area contributed by atoms with E-state index < -0.39 is 0 Å². The van der Waals surface area contributed by atoms with Crippen molar-refractivity contribution in [3.05, 3.63) is 29.3 Å². The van der Waals surface area contributed by atoms with Gasteiger partial charge in [0, 0.05) is 0 Å². The van der Waals surface area contributed by atoms with Gasteiger partial charge in [0.05, 0.1) is 0 Å². The van der Waals surface area contributed by atoms with E-state index in [4.69, 9.17) is 4.74 Å². The van der Waals surface area contributed by atoms with Crippen molar-refractivity contribution in [2.75, 3.05) is 0 Å². The number of hydrogen-bond acceptors (Lipinski definition) is 1. The van der Waals surface area contributed by atoms with E-state index in [1.807, 2.05) is 0 Å². The molecule has 14 heavy (non-hydrogen) atoms. The highest BCUT2D eigenvalue weighted by molar-refractivity contribution is 5.36. The molecule has 0 unspecified atom stereocenters. The van der Waals surface area contributed by atoms with Gasteiger partial charge < -0.3 is 4.74 Å². The van der Waals surface area contributed by atoms with Gasteiger partial charge in [-0.25, -0.2) is 0 Å². The van der Waals surface area contributed by atoms with Crippen LogP contribution in [0.4, 0.5) is 0 Å². The van der Waals surface area contributed by atoms with Crippen LogP contribution in [0.5, 0.6) is 5.75 Å². The van der Waals surface area contributed by atoms with Crippen molar-refractivity contribution in [2.45, 2.75) is 46.6 Å². The molecule has 0 saturated heterocycles. The second kappa shape index (κ2) is 4.04. The summed E-state index contributed by atoms with van der Waals surface area (Å²) in [5.74, 6) is 0.995. The third-order valence-electron chi connectivity index (χ3n) is 2.06. The SMILES string of the molecule is CCc1ccc(OC(C)(C)C)c(C)c1. The van der Waals surface area contributed by atoms with E-state index in [-0.39, 0.29) is 5.60 Å². The van der Waals surface area contributed by atoms with Gasteiger partial charge in [0.25, 0.3) is 0 Å². The highest BCUT2D eigenvalue weighted by Gasteiger charge is 2.12. The maximum atomic E-state index is 5.83. The molecule has 0 aliphatic carbocycles. The first kappa shape index (κ1) is 11.1. The normalized spacial score (nSPS) is 11.5. The first-order valence-corrected chi connectivity index (χ1v) is 5.21. The average Bonchev–Trinajstić information content (AvgIpc) is 2.06. The Morgan fingerprint density at radius 2 is 1.86 bits per heavy atom. The Balaban J connectivity index is 2.89. The van der Waals surface area contributed by atoms with Crippen LogP contribution in [0, 0.1) is 6.92 Å². The van der Waals surface area contributed by atoms with E-state index in [0.29, 0.717) is 0 Å². The fraction of sp³-hybridized carbons (Fsp3) is 0.538. The molecule has 0 aliphatic rings. The van der Waals surface area contributed by atoms with Gasteiger partial charge in [-0.2, -0.15) is 0 Å². The lowest BCUT2D eigenvalue weighted by Crippen LogP contribution is -2.23. The summed E-state index contributed by atoms with van der Waals surface area (Å²) in [7, 11) is 0. The van der Waals surface area contributed by atoms with Crippen LogP contribution in [-0.2, 0) is 6.42 Å². The van der Waals surface area contributed by atoms with Gasteiger partial charge in [0.2, 0.25) is 0 Å². The summed E-state index contributed by atoms with van der Waals surface area (Å²) < 4.78 is 5.83. The van der Waals surface area contributed by atoms with Crippen LogP contribution in [0.2, 0.25) is 0 Å². The van der Waals surface area contributed by atoms with Crippen LogP contribution < -0.4 is 4.74 Å². The van der Waals surface area contributed by atoms with Gasteiger partial charge >= 0.3 is 0 Å². The Bertz CT molecular complexity index is 308. The van der Waals surface area contributed by atoms with Gasteiger partial charge in [0.1, 0.15) is 11.4 Å². The van der Waals surface area contributed by atoms with Crippen molar-refractivity contribution in [2.24, 2.45) is 0 Å². The topological polar surface area (TPSA) is 9.23 Å². The Hall–Kier alpha value is -0.980. The van der Waals surface area contributed by atoms with E-state index in [2.05, 4.69) is 52.8 Å². The zero-order chi connectivity index (χ0) is 10.8. The maximum Gasteiger partial charge on any atom is 0.123 e. The molecule has 0 saturated carbocycles. The quantitative estimate of drug-likeness (QED) is 0.693. The molecule has 0 aliphatic heterocycles. The van der Waals surface area contributed by atoms with Crippen molar-refractivity contribution in [1.82, 2.24) is 0 Å². The molecule has 1 nitrogen and oxygen atoms in total. The minimum Gasteiger partial charge on any atom is -0.488 e. The Morgan fingerprint density at radius 3 is 2.29 bits per heavy atom. The van der Waals surface area contributed by atoms with Gasteiger partial charge in [0.15, 0.2) is 0 Å². The summed E-state index contributed by atoms with van der Waals surface area (Å²) in [4.78, 5) is 0. The lowest BCUT2D eigenvalue weighted by molar-refractivity contribution is 0.130. The Kier molecular flexibility index (Phi) is 3.20. The van der Waals surface area contributed by atoms with E-state index in [9.17, 15) is 0 Å². The van der Waals surface area contributed by atoms with Crippen molar-refractivity contribution in [3.8, 4) is 5.75 Å². The molecule has 1 heteroatoms. The molecular formula is C13H20O. The Labute approximate surface area is 87.1 Å². The number of rotatable bonds is 2. The highest BCUT2D eigenvalue weighted by Crippen LogP contribution is 2.23. The largest absolute Gasteiger partial charge is 0.488 e. The third-order valence-corrected chi connectivity index (χ3v) is 2.06. The van der Waals surface area contributed by atoms with Crippen molar-refractivity contribution < 1.29 is 4.74 Å². The molecule has 0 N–H and O–H groups in total. The Morgan fingerprint density at radius 1 is 1.21 bits per heavy atom. The molecular weight excluding hydrogens is 172 g/mol. The van der Waals surface area contributed by atoms with Crippen LogP contribution >= 0.6 is 0 Å². The van der Waals surface area contributed by atoms with Crippen molar-refractivity contribution in [3.63, 3.8) is 0 Å². The summed E-state index contributed by atoms with van der Waals surface area (Å²) in [6.45, 7) is 10.5. The van der Waals surface area contributed by atoms with Crippen LogP contribution in [0.3, 0.4) is 0 Å². The average molecular weight is 192 g/mol. The molecule has 0 atom stereocenters. The molecule has 0 heterocycles. The zero-order valence-electron chi connectivity index (χ0n) is 9.85. The molecule has 0 amide bonds. The fourth-order valence-electron chi connectivity index (χ4n) is 1.38. The summed E-state index contributed by atoms with van der Waals surface area (Å²) in [5.41, 5.74) is 2.47. The van der Waals surface area contributed by atoms with Gasteiger partial charge in [-0.15, -0.1) is 0 Å². The zero-order valence-corrected chi connectivity index (χ0v) is 9.85. The number of aryl methyl sites for hydroxylation is 2. The summed E-state index contributed by atoms with van der Waals surface area (Å²) >= 11 is 0. The molecule has 0 aromatic heterocycles. The van der Waals surface area contributed by atoms with E-state index in [1.54, 1.807) is 0 Å². The molecule has 1 aromatic carbocycles. The molecule has 0 fully saturated rings. The second-order valence-corrected chi connectivity index (χ2v) is 4.67. The fourth-order valence-corrected chi connectivity index (χ4v) is 1.38. The smallest absolute Gasteiger partial charge is 0.123 e. The summed E-state index contributed by atoms with van der Waals surface area (Å²) in [6, 6.07) is 6.40. The van der Waals surface area contributed by atoms with Crippen LogP contribution in [0.1, 0.15) is 38.8 Å². The van der Waals surface area contributed by atoms with E-state index >= 15 is 0 Å². The van der Waals surface area contributed by atoms with Crippen LogP contribution in [0.25, 0.3) is 0 Å². The lowest BCUT2D eigenvalue weighted by Gasteiger charge is -2.22. The number of benzene rings is 1. The van der Waals surface area contributed by atoms with E-state index in [0.717, 1.165) is 12.2 Å². The first-order chi connectivity index (χ1) is 6.42. The van der Waals surface area contributed by atoms with Crippen LogP contribution in [-0.4, -0.2) is 5.60 Å². The summed E-state index contributed by atoms with van der Waals surface area (Å²) in [6.07, 6.45) is 1.08. The first-order valence-electron chi connectivity index (χ1n) is 5.21. The standard InChI is InChI=1S/C13H20O/c1-6-11-7-8-12(10(2)9-11)14-13(3,4)5/h7-9H,6H2,1-5H3. The van der Waals surface area contributed by atoms with Crippen molar-refractivity contribution >= 4 is 0 Å². The van der Waals surface area contributed by atoms with E-state index in [1.165, 1.54) is 11.1 Å². The number of ether oxygens (including phenoxy) is 1. The molecule has 0 radical (unpaired) electrons. The minimum absolute atomic E-state index is 0.113. The predicted molar refractivity (Wildman–Crippen MR) is 60.9 cm³/mol. The molecule has 1 rings (SSSR count). The minimum atomic E-state index is -0.113. The third kappa shape index (κ3) is 3.06. The van der Waals surface area contributed by atoms with Crippen molar-refractivity contribution in [1.29, 1.82) is 0 Å². The molecule has 0 bridgehead atoms. The molecule has 78 valence electrons. The molecule has 1 aromatic rings. The van der Waals surface area contributed by atoms with Crippen LogP contribution in [0.15, 0.2) is 18.2 Å². The number of hydrogen-bond donors (Lipinski definition) is 0. The maximum absolute atomic E-state index is 5.83. The summed E-state index contributed by atoms with van der Waals surface area (Å²) in [5, 5.41) is 0. The predicted octanol–water partition coefficient (Wildman–Crippen LogP) is 3.73. The lowest BCUT2D eigenvalue weighted by atomic mass is 10.1. The molecule has 0 spiro atoms. The monoisotopic (exact) mass is 192 g/mol. The van der Waals surface area contributed by atoms with Gasteiger partial charge in [-0.3, -0.25) is 0 Å².